The molecule has 0 aromatic carbocycles. The van der Waals surface area contributed by atoms with Crippen LogP contribution in [0.2, 0.25) is 0 Å². The first-order valence-electron chi connectivity index (χ1n) is 41.0. The Hall–Kier alpha value is -4.37. The summed E-state index contributed by atoms with van der Waals surface area (Å²) in [6.45, 7) is 3.55. The number of carbonyl (C=O) groups is 2. The predicted molar refractivity (Wildman–Crippen MR) is 431 cm³/mol. The van der Waals surface area contributed by atoms with Gasteiger partial charge in [-0.2, -0.15) is 0 Å². The fourth-order valence-electron chi connectivity index (χ4n) is 11.4. The van der Waals surface area contributed by atoms with Gasteiger partial charge in [0.2, 0.25) is 0 Å². The number of esters is 2. The van der Waals surface area contributed by atoms with Crippen LogP contribution in [-0.2, 0) is 32.7 Å². The van der Waals surface area contributed by atoms with Gasteiger partial charge in [0.1, 0.15) is 6.61 Å². The van der Waals surface area contributed by atoms with Gasteiger partial charge in [-0.1, -0.05) is 384 Å². The van der Waals surface area contributed by atoms with E-state index in [-0.39, 0.29) is 38.6 Å². The second-order valence-corrected chi connectivity index (χ2v) is 28.3. The lowest BCUT2D eigenvalue weighted by molar-refractivity contribution is -0.161. The van der Waals surface area contributed by atoms with E-state index >= 15 is 0 Å². The van der Waals surface area contributed by atoms with Crippen LogP contribution in [0.3, 0.4) is 0 Å². The van der Waals surface area contributed by atoms with Crippen LogP contribution in [0.15, 0.2) is 158 Å². The summed E-state index contributed by atoms with van der Waals surface area (Å²) < 4.78 is 33.3. The minimum absolute atomic E-state index is 0.0497. The Morgan fingerprint density at radius 1 is 0.303 bits per heavy atom. The molecular weight excluding hydrogens is 1240 g/mol. The number of hydrogen-bond donors (Lipinski definition) is 2. The third-order valence-electron chi connectivity index (χ3n) is 17.4. The average Bonchev–Trinajstić information content (AvgIpc) is 1.35. The minimum atomic E-state index is -4.40. The van der Waals surface area contributed by atoms with Crippen molar-refractivity contribution < 1.29 is 37.6 Å². The van der Waals surface area contributed by atoms with Crippen molar-refractivity contribution in [1.29, 1.82) is 0 Å². The molecular formula is C89H152NO8P. The molecule has 0 spiro atoms. The largest absolute Gasteiger partial charge is 0.472 e. The summed E-state index contributed by atoms with van der Waals surface area (Å²) in [6, 6.07) is 0. The maximum Gasteiger partial charge on any atom is 0.472 e. The van der Waals surface area contributed by atoms with Crippen LogP contribution in [0, 0.1) is 0 Å². The first-order valence-corrected chi connectivity index (χ1v) is 42.5. The van der Waals surface area contributed by atoms with Gasteiger partial charge in [-0.25, -0.2) is 4.57 Å². The van der Waals surface area contributed by atoms with E-state index in [1.165, 1.54) is 205 Å². The van der Waals surface area contributed by atoms with E-state index in [1.807, 2.05) is 0 Å². The summed E-state index contributed by atoms with van der Waals surface area (Å²) in [5.74, 6) is -0.819. The molecule has 0 bridgehead atoms. The molecule has 99 heavy (non-hydrogen) atoms. The van der Waals surface area contributed by atoms with Crippen LogP contribution in [0.4, 0.5) is 0 Å². The number of ether oxygens (including phenoxy) is 2. The molecule has 566 valence electrons. The van der Waals surface area contributed by atoms with Crippen molar-refractivity contribution in [2.75, 3.05) is 26.4 Å². The quantitative estimate of drug-likeness (QED) is 0.0264. The Labute approximate surface area is 610 Å². The normalized spacial score (nSPS) is 13.7. The molecule has 0 heterocycles. The topological polar surface area (TPSA) is 134 Å². The van der Waals surface area contributed by atoms with Gasteiger partial charge < -0.3 is 20.1 Å². The van der Waals surface area contributed by atoms with Crippen LogP contribution in [0.5, 0.6) is 0 Å². The standard InChI is InChI=1S/C89H152NO8P/c1-3-5-7-9-11-13-15-17-19-21-23-25-27-29-31-33-35-37-39-41-43-45-47-49-51-53-55-57-59-61-63-65-67-69-71-73-75-77-79-81-88(91)95-85-87(86-97-99(93,94)96-84-83-90)98-89(92)82-80-78-76-74-72-70-68-66-64-62-60-58-56-54-52-50-48-46-44-42-40-38-36-34-32-30-28-26-24-22-20-18-16-14-12-10-8-6-4-2/h5-8,11-14,17-20,23-26,29-32,36,38,42,44,48,50,87H,3-4,9-10,15-16,21-22,27-28,33-35,37,39-41,43,45-47,49,51-86,90H2,1-2H3,(H,93,94)/b7-5-,8-6-,13-11-,14-12-,19-17-,20-18-,25-23-,26-24-,31-29-,32-30-,38-36-,44-42-,50-48-. The van der Waals surface area contributed by atoms with E-state index in [2.05, 4.69) is 172 Å². The maximum absolute atomic E-state index is 12.8. The Morgan fingerprint density at radius 3 is 0.778 bits per heavy atom. The fourth-order valence-corrected chi connectivity index (χ4v) is 12.2. The zero-order valence-corrected chi connectivity index (χ0v) is 64.8. The van der Waals surface area contributed by atoms with Crippen molar-refractivity contribution in [3.05, 3.63) is 158 Å². The summed E-state index contributed by atoms with van der Waals surface area (Å²) in [6.07, 6.45) is 121. The zero-order valence-electron chi connectivity index (χ0n) is 63.9. The van der Waals surface area contributed by atoms with Crippen molar-refractivity contribution in [2.45, 2.75) is 367 Å². The highest BCUT2D eigenvalue weighted by atomic mass is 31.2. The molecule has 0 aromatic heterocycles. The molecule has 0 aliphatic carbocycles. The number of carbonyl (C=O) groups excluding carboxylic acids is 2. The second-order valence-electron chi connectivity index (χ2n) is 26.9. The van der Waals surface area contributed by atoms with Gasteiger partial charge in [-0.05, 0) is 122 Å². The number of nitrogens with two attached hydrogens (primary N) is 1. The van der Waals surface area contributed by atoms with E-state index in [1.54, 1.807) is 0 Å². The van der Waals surface area contributed by atoms with Crippen LogP contribution in [0.1, 0.15) is 361 Å². The lowest BCUT2D eigenvalue weighted by atomic mass is 10.0. The van der Waals surface area contributed by atoms with Gasteiger partial charge >= 0.3 is 19.8 Å². The maximum atomic E-state index is 12.8. The molecule has 0 rings (SSSR count). The lowest BCUT2D eigenvalue weighted by Crippen LogP contribution is -2.29. The fraction of sp³-hybridized carbons (Fsp3) is 0.685. The Morgan fingerprint density at radius 2 is 0.525 bits per heavy atom. The highest BCUT2D eigenvalue weighted by Crippen LogP contribution is 2.43. The van der Waals surface area contributed by atoms with E-state index in [9.17, 15) is 19.0 Å². The monoisotopic (exact) mass is 1390 g/mol. The van der Waals surface area contributed by atoms with Crippen LogP contribution >= 0.6 is 7.82 Å². The molecule has 10 heteroatoms. The molecule has 3 N–H and O–H groups in total. The number of unbranched alkanes of at least 4 members (excludes halogenated alkanes) is 37. The summed E-state index contributed by atoms with van der Waals surface area (Å²) in [7, 11) is -4.40. The highest BCUT2D eigenvalue weighted by Gasteiger charge is 2.26. The first kappa shape index (κ1) is 94.6. The van der Waals surface area contributed by atoms with Crippen LogP contribution in [0.25, 0.3) is 0 Å². The average molecular weight is 1400 g/mol. The van der Waals surface area contributed by atoms with E-state index in [0.29, 0.717) is 6.42 Å². The number of phosphoric acid groups is 1. The smallest absolute Gasteiger partial charge is 0.462 e. The second kappa shape index (κ2) is 82.6. The van der Waals surface area contributed by atoms with Crippen molar-refractivity contribution in [1.82, 2.24) is 0 Å². The summed E-state index contributed by atoms with van der Waals surface area (Å²) in [4.78, 5) is 35.5. The Kier molecular flexibility index (Phi) is 78.9. The molecule has 0 amide bonds. The molecule has 9 nitrogen and oxygen atoms in total. The SMILES string of the molecule is CC/C=C\C/C=C\C/C=C\C/C=C\C/C=C\C/C=C\C/C=C\C/C=C\CCCCCCCCCCCCCCCCC(=O)OC(COC(=O)CCCCCCCCCCCCCCCCCCCCCCCCC/C=C\C/C=C\C/C=C\C/C=C\C/C=C\CC)COP(=O)(O)OCCN. The third-order valence-corrected chi connectivity index (χ3v) is 18.4. The molecule has 0 radical (unpaired) electrons. The number of phosphoric ester groups is 1. The molecule has 0 aliphatic rings. The molecule has 0 aliphatic heterocycles. The van der Waals surface area contributed by atoms with Crippen molar-refractivity contribution in [2.24, 2.45) is 5.73 Å². The Balaban J connectivity index is 3.82. The van der Waals surface area contributed by atoms with Crippen molar-refractivity contribution in [3.8, 4) is 0 Å². The van der Waals surface area contributed by atoms with Gasteiger partial charge in [0.25, 0.3) is 0 Å². The van der Waals surface area contributed by atoms with Crippen LogP contribution < -0.4 is 5.73 Å². The highest BCUT2D eigenvalue weighted by molar-refractivity contribution is 7.47. The lowest BCUT2D eigenvalue weighted by Gasteiger charge is -2.19. The summed E-state index contributed by atoms with van der Waals surface area (Å²) in [5, 5.41) is 0. The Bertz CT molecular complexity index is 2190. The first-order chi connectivity index (χ1) is 48.8. The van der Waals surface area contributed by atoms with Gasteiger partial charge in [-0.3, -0.25) is 18.6 Å². The minimum Gasteiger partial charge on any atom is -0.462 e. The summed E-state index contributed by atoms with van der Waals surface area (Å²) >= 11 is 0. The van der Waals surface area contributed by atoms with Gasteiger partial charge in [0.15, 0.2) is 6.10 Å². The molecule has 2 unspecified atom stereocenters. The molecule has 0 saturated carbocycles. The van der Waals surface area contributed by atoms with E-state index in [4.69, 9.17) is 24.3 Å². The zero-order chi connectivity index (χ0) is 71.5. The number of allylic oxidation sites excluding steroid dienone is 26. The summed E-state index contributed by atoms with van der Waals surface area (Å²) in [5.41, 5.74) is 5.42. The van der Waals surface area contributed by atoms with Crippen molar-refractivity contribution in [3.63, 3.8) is 0 Å². The van der Waals surface area contributed by atoms with Gasteiger partial charge in [0, 0.05) is 19.4 Å². The van der Waals surface area contributed by atoms with Crippen LogP contribution in [-0.4, -0.2) is 49.3 Å². The van der Waals surface area contributed by atoms with E-state index in [0.717, 1.165) is 122 Å². The predicted octanol–water partition coefficient (Wildman–Crippen LogP) is 27.9. The number of rotatable bonds is 76. The number of hydrogen-bond acceptors (Lipinski definition) is 8. The molecule has 0 aromatic rings. The van der Waals surface area contributed by atoms with Gasteiger partial charge in [-0.15, -0.1) is 0 Å². The van der Waals surface area contributed by atoms with E-state index < -0.39 is 26.5 Å². The van der Waals surface area contributed by atoms with Gasteiger partial charge in [0.05, 0.1) is 13.2 Å². The molecule has 0 fully saturated rings. The third kappa shape index (κ3) is 82.5. The molecule has 2 atom stereocenters. The van der Waals surface area contributed by atoms with Crippen molar-refractivity contribution >= 4 is 19.8 Å². The molecule has 0 saturated heterocycles.